The zero-order chi connectivity index (χ0) is 15.8. The average Bonchev–Trinajstić information content (AvgIpc) is 3.06. The van der Waals surface area contributed by atoms with Crippen LogP contribution < -0.4 is 18.8 Å². The van der Waals surface area contributed by atoms with Gasteiger partial charge in [-0.1, -0.05) is 0 Å². The molecule has 4 rings (SSSR count). The summed E-state index contributed by atoms with van der Waals surface area (Å²) in [5.41, 5.74) is 2.39. The molecule has 2 atom stereocenters. The summed E-state index contributed by atoms with van der Waals surface area (Å²) >= 11 is 0. The van der Waals surface area contributed by atoms with E-state index in [9.17, 15) is 0 Å². The Bertz CT molecular complexity index is 669. The quantitative estimate of drug-likeness (QED) is 0.813. The SMILES string of the molecule is CC1Cc2cc(OBOc3ccc4c(c3)CC(C)O4)ccc2O1. The maximum atomic E-state index is 5.70. The number of hydrogen-bond donors (Lipinski definition) is 0. The summed E-state index contributed by atoms with van der Waals surface area (Å²) in [5.74, 6) is 3.52. The molecule has 0 bridgehead atoms. The zero-order valence-corrected chi connectivity index (χ0v) is 13.4. The maximum Gasteiger partial charge on any atom is 0.576 e. The van der Waals surface area contributed by atoms with Crippen molar-refractivity contribution in [2.75, 3.05) is 0 Å². The highest BCUT2D eigenvalue weighted by atomic mass is 16.6. The van der Waals surface area contributed by atoms with Crippen molar-refractivity contribution in [3.05, 3.63) is 47.5 Å². The summed E-state index contributed by atoms with van der Waals surface area (Å²) < 4.78 is 22.8. The van der Waals surface area contributed by atoms with Crippen LogP contribution in [0.1, 0.15) is 25.0 Å². The van der Waals surface area contributed by atoms with E-state index < -0.39 is 0 Å². The Morgan fingerprint density at radius 2 is 1.30 bits per heavy atom. The highest BCUT2D eigenvalue weighted by Crippen LogP contribution is 2.33. The van der Waals surface area contributed by atoms with Gasteiger partial charge in [-0.3, -0.25) is 0 Å². The second-order valence-corrected chi connectivity index (χ2v) is 6.21. The predicted molar refractivity (Wildman–Crippen MR) is 88.9 cm³/mol. The fourth-order valence-corrected chi connectivity index (χ4v) is 3.14. The molecule has 0 radical (unpaired) electrons. The molecule has 0 amide bonds. The third-order valence-corrected chi connectivity index (χ3v) is 4.19. The minimum absolute atomic E-state index is 0.185. The summed E-state index contributed by atoms with van der Waals surface area (Å²) in [6.45, 7) is 4.14. The Kier molecular flexibility index (Phi) is 3.56. The van der Waals surface area contributed by atoms with E-state index in [4.69, 9.17) is 18.8 Å². The van der Waals surface area contributed by atoms with Crippen LogP contribution in [0.2, 0.25) is 0 Å². The monoisotopic (exact) mass is 310 g/mol. The number of ether oxygens (including phenoxy) is 2. The molecule has 2 aliphatic heterocycles. The molecular weight excluding hydrogens is 291 g/mol. The van der Waals surface area contributed by atoms with Gasteiger partial charge in [-0.25, -0.2) is 0 Å². The van der Waals surface area contributed by atoms with E-state index in [-0.39, 0.29) is 19.9 Å². The maximum absolute atomic E-state index is 5.70. The Morgan fingerprint density at radius 3 is 1.78 bits per heavy atom. The van der Waals surface area contributed by atoms with Crippen molar-refractivity contribution in [3.8, 4) is 23.0 Å². The molecule has 2 aromatic carbocycles. The van der Waals surface area contributed by atoms with Gasteiger partial charge in [0.05, 0.1) is 0 Å². The van der Waals surface area contributed by atoms with Crippen molar-refractivity contribution in [1.29, 1.82) is 0 Å². The summed E-state index contributed by atoms with van der Waals surface area (Å²) in [6.07, 6.45) is 2.34. The number of rotatable bonds is 4. The van der Waals surface area contributed by atoms with Crippen LogP contribution in [0.4, 0.5) is 0 Å². The topological polar surface area (TPSA) is 36.9 Å². The lowest BCUT2D eigenvalue weighted by Gasteiger charge is -2.09. The number of fused-ring (bicyclic) bond motifs is 2. The van der Waals surface area contributed by atoms with Crippen LogP contribution in [0, 0.1) is 0 Å². The van der Waals surface area contributed by atoms with Crippen LogP contribution in [-0.4, -0.2) is 19.9 Å². The highest BCUT2D eigenvalue weighted by Gasteiger charge is 2.20. The summed E-state index contributed by atoms with van der Waals surface area (Å²) in [6, 6.07) is 11.8. The lowest BCUT2D eigenvalue weighted by Crippen LogP contribution is -2.11. The van der Waals surface area contributed by atoms with Crippen LogP contribution >= 0.6 is 0 Å². The summed E-state index contributed by atoms with van der Waals surface area (Å²) in [5, 5.41) is 0. The van der Waals surface area contributed by atoms with Gasteiger partial charge in [0.25, 0.3) is 0 Å². The molecule has 0 aromatic heterocycles. The fraction of sp³-hybridized carbons (Fsp3) is 0.333. The van der Waals surface area contributed by atoms with E-state index in [1.165, 1.54) is 11.1 Å². The smallest absolute Gasteiger partial charge is 0.529 e. The van der Waals surface area contributed by atoms with E-state index in [0.717, 1.165) is 35.8 Å². The molecule has 0 spiro atoms. The molecule has 0 saturated carbocycles. The van der Waals surface area contributed by atoms with E-state index in [2.05, 4.69) is 13.8 Å². The summed E-state index contributed by atoms with van der Waals surface area (Å²) in [4.78, 5) is 0. The normalized spacial score (nSPS) is 21.0. The molecule has 0 aliphatic carbocycles. The molecule has 4 nitrogen and oxygen atoms in total. The van der Waals surface area contributed by atoms with Gasteiger partial charge in [-0.2, -0.15) is 0 Å². The van der Waals surface area contributed by atoms with Crippen LogP contribution in [-0.2, 0) is 12.8 Å². The van der Waals surface area contributed by atoms with Gasteiger partial charge in [0, 0.05) is 24.0 Å². The zero-order valence-electron chi connectivity index (χ0n) is 13.4. The van der Waals surface area contributed by atoms with Gasteiger partial charge >= 0.3 is 7.69 Å². The van der Waals surface area contributed by atoms with Crippen LogP contribution in [0.5, 0.6) is 23.0 Å². The molecule has 2 aromatic rings. The first-order valence-corrected chi connectivity index (χ1v) is 8.02. The predicted octanol–water partition coefficient (Wildman–Crippen LogP) is 3.06. The van der Waals surface area contributed by atoms with Crippen molar-refractivity contribution in [3.63, 3.8) is 0 Å². The lowest BCUT2D eigenvalue weighted by molar-refractivity contribution is 0.254. The van der Waals surface area contributed by atoms with E-state index in [0.29, 0.717) is 0 Å². The molecule has 2 unspecified atom stereocenters. The molecule has 118 valence electrons. The van der Waals surface area contributed by atoms with Gasteiger partial charge in [0.15, 0.2) is 0 Å². The average molecular weight is 310 g/mol. The number of benzene rings is 2. The van der Waals surface area contributed by atoms with Gasteiger partial charge in [0.1, 0.15) is 35.2 Å². The molecule has 2 aliphatic rings. The fourth-order valence-electron chi connectivity index (χ4n) is 3.14. The molecule has 0 saturated heterocycles. The third kappa shape index (κ3) is 2.96. The third-order valence-electron chi connectivity index (χ3n) is 4.19. The molecule has 0 fully saturated rings. The van der Waals surface area contributed by atoms with Crippen molar-refractivity contribution in [2.24, 2.45) is 0 Å². The number of hydrogen-bond acceptors (Lipinski definition) is 4. The van der Waals surface area contributed by atoms with E-state index in [1.807, 2.05) is 36.4 Å². The first-order valence-electron chi connectivity index (χ1n) is 8.02. The van der Waals surface area contributed by atoms with Gasteiger partial charge in [0.2, 0.25) is 0 Å². The molecule has 0 N–H and O–H groups in total. The standard InChI is InChI=1S/C18H19BO4/c1-11-7-13-9-15(3-5-17(13)20-11)22-19-23-16-4-6-18-14(10-16)8-12(2)21-18/h3-6,9-12,19H,7-8H2,1-2H3. The second-order valence-electron chi connectivity index (χ2n) is 6.21. The molecular formula is C18H19BO4. The Morgan fingerprint density at radius 1 is 0.826 bits per heavy atom. The van der Waals surface area contributed by atoms with Gasteiger partial charge in [-0.05, 0) is 50.2 Å². The highest BCUT2D eigenvalue weighted by molar-refractivity contribution is 6.20. The summed E-state index contributed by atoms with van der Waals surface area (Å²) in [7, 11) is 0.185. The van der Waals surface area contributed by atoms with E-state index >= 15 is 0 Å². The van der Waals surface area contributed by atoms with Crippen LogP contribution in [0.25, 0.3) is 0 Å². The van der Waals surface area contributed by atoms with Crippen molar-refractivity contribution >= 4 is 7.69 Å². The largest absolute Gasteiger partial charge is 0.576 e. The van der Waals surface area contributed by atoms with Gasteiger partial charge < -0.3 is 18.8 Å². The second kappa shape index (κ2) is 5.72. The molecule has 5 heteroatoms. The van der Waals surface area contributed by atoms with E-state index in [1.54, 1.807) is 0 Å². The minimum Gasteiger partial charge on any atom is -0.529 e. The molecule has 2 heterocycles. The molecule has 23 heavy (non-hydrogen) atoms. The first-order chi connectivity index (χ1) is 11.2. The Labute approximate surface area is 136 Å². The minimum atomic E-state index is 0.185. The van der Waals surface area contributed by atoms with Gasteiger partial charge in [-0.15, -0.1) is 0 Å². The lowest BCUT2D eigenvalue weighted by atomic mass is 10.1. The van der Waals surface area contributed by atoms with Crippen LogP contribution in [0.15, 0.2) is 36.4 Å². The van der Waals surface area contributed by atoms with Crippen molar-refractivity contribution < 1.29 is 18.8 Å². The van der Waals surface area contributed by atoms with Crippen molar-refractivity contribution in [2.45, 2.75) is 38.9 Å². The first kappa shape index (κ1) is 14.3. The Hall–Kier alpha value is -2.30. The van der Waals surface area contributed by atoms with Crippen LogP contribution in [0.3, 0.4) is 0 Å². The Balaban J connectivity index is 1.36. The van der Waals surface area contributed by atoms with Crippen molar-refractivity contribution in [1.82, 2.24) is 0 Å².